The van der Waals surface area contributed by atoms with E-state index >= 15 is 0 Å². The van der Waals surface area contributed by atoms with Gasteiger partial charge in [-0.3, -0.25) is 9.59 Å². The Kier molecular flexibility index (Phi) is 10.9. The first-order chi connectivity index (χ1) is 15.1. The number of carbonyl (C=O) groups excluding carboxylic acids is 2. The first kappa shape index (κ1) is 24.2. The van der Waals surface area contributed by atoms with Gasteiger partial charge in [-0.2, -0.15) is 0 Å². The molecule has 0 heterocycles. The summed E-state index contributed by atoms with van der Waals surface area (Å²) >= 11 is 0. The van der Waals surface area contributed by atoms with E-state index < -0.39 is 17.9 Å². The molecule has 2 rings (SSSR count). The second kappa shape index (κ2) is 14.0. The second-order valence-corrected chi connectivity index (χ2v) is 7.06. The largest absolute Gasteiger partial charge is 0.489 e. The molecule has 0 N–H and O–H groups in total. The fraction of sp³-hybridized carbons (Fsp3) is 0.385. The van der Waals surface area contributed by atoms with Gasteiger partial charge in [0.05, 0.1) is 13.2 Å². The number of hydrogen-bond acceptors (Lipinski definition) is 5. The lowest BCUT2D eigenvalue weighted by atomic mass is 10.0. The smallest absolute Gasteiger partial charge is 0.320 e. The molecule has 0 aliphatic heterocycles. The lowest BCUT2D eigenvalue weighted by Gasteiger charge is -2.13. The van der Waals surface area contributed by atoms with Crippen LogP contribution in [0.3, 0.4) is 0 Å². The average Bonchev–Trinajstić information content (AvgIpc) is 2.79. The van der Waals surface area contributed by atoms with Crippen molar-refractivity contribution in [3.8, 4) is 5.75 Å². The first-order valence-electron chi connectivity index (χ1n) is 10.9. The first-order valence-corrected chi connectivity index (χ1v) is 10.9. The van der Waals surface area contributed by atoms with Gasteiger partial charge in [-0.05, 0) is 62.8 Å². The Labute approximate surface area is 185 Å². The number of allylic oxidation sites excluding steroid dienone is 2. The normalized spacial score (nSPS) is 10.9. The lowest BCUT2D eigenvalue weighted by Crippen LogP contribution is -2.28. The molecular formula is C26H32O5. The van der Waals surface area contributed by atoms with Crippen molar-refractivity contribution in [3.63, 3.8) is 0 Å². The van der Waals surface area contributed by atoms with Crippen molar-refractivity contribution in [2.75, 3.05) is 13.2 Å². The molecule has 31 heavy (non-hydrogen) atoms. The van der Waals surface area contributed by atoms with E-state index in [1.165, 1.54) is 5.56 Å². The fourth-order valence-corrected chi connectivity index (χ4v) is 3.06. The summed E-state index contributed by atoms with van der Waals surface area (Å²) in [6.07, 6.45) is 6.88. The molecule has 0 unspecified atom stereocenters. The van der Waals surface area contributed by atoms with Crippen LogP contribution in [0.25, 0.3) is 0 Å². The maximum atomic E-state index is 12.0. The number of benzene rings is 2. The van der Waals surface area contributed by atoms with E-state index in [2.05, 4.69) is 18.2 Å². The number of rotatable bonds is 13. The van der Waals surface area contributed by atoms with E-state index in [0.717, 1.165) is 24.2 Å². The highest BCUT2D eigenvalue weighted by Crippen LogP contribution is 2.16. The summed E-state index contributed by atoms with van der Waals surface area (Å²) in [6.45, 7) is 4.51. The second-order valence-electron chi connectivity index (χ2n) is 7.06. The van der Waals surface area contributed by atoms with Gasteiger partial charge < -0.3 is 14.2 Å². The topological polar surface area (TPSA) is 61.8 Å². The number of aryl methyl sites for hydroxylation is 1. The van der Waals surface area contributed by atoms with Gasteiger partial charge in [0.2, 0.25) is 0 Å². The zero-order valence-corrected chi connectivity index (χ0v) is 18.4. The Morgan fingerprint density at radius 1 is 0.806 bits per heavy atom. The molecule has 0 radical (unpaired) electrons. The van der Waals surface area contributed by atoms with Gasteiger partial charge in [0.25, 0.3) is 0 Å². The van der Waals surface area contributed by atoms with Crippen LogP contribution in [0, 0.1) is 5.92 Å². The summed E-state index contributed by atoms with van der Waals surface area (Å²) in [7, 11) is 0. The van der Waals surface area contributed by atoms with Gasteiger partial charge in [0.1, 0.15) is 12.4 Å². The molecule has 0 saturated heterocycles. The molecule has 2 aromatic rings. The van der Waals surface area contributed by atoms with Gasteiger partial charge in [0.15, 0.2) is 5.92 Å². The minimum atomic E-state index is -0.854. The van der Waals surface area contributed by atoms with Crippen molar-refractivity contribution < 1.29 is 23.8 Å². The molecule has 0 aromatic heterocycles. The van der Waals surface area contributed by atoms with Crippen LogP contribution in [-0.2, 0) is 32.1 Å². The zero-order chi connectivity index (χ0) is 22.3. The third kappa shape index (κ3) is 9.08. The Bertz CT molecular complexity index is 793. The van der Waals surface area contributed by atoms with E-state index in [-0.39, 0.29) is 13.2 Å². The Balaban J connectivity index is 1.71. The van der Waals surface area contributed by atoms with Crippen molar-refractivity contribution in [1.29, 1.82) is 0 Å². The van der Waals surface area contributed by atoms with Crippen molar-refractivity contribution >= 4 is 11.9 Å². The minimum absolute atomic E-state index is 0.251. The Hall–Kier alpha value is -3.08. The summed E-state index contributed by atoms with van der Waals surface area (Å²) in [5, 5.41) is 0. The third-order valence-electron chi connectivity index (χ3n) is 4.70. The molecule has 0 aliphatic rings. The van der Waals surface area contributed by atoms with Crippen LogP contribution >= 0.6 is 0 Å². The maximum absolute atomic E-state index is 12.0. The molecule has 0 fully saturated rings. The van der Waals surface area contributed by atoms with Gasteiger partial charge in [0, 0.05) is 0 Å². The Morgan fingerprint density at radius 3 is 2.03 bits per heavy atom. The standard InChI is InChI=1S/C26H32O5/c1-3-29-25(27)24(26(28)30-4-2)15-11-6-5-8-12-21-16-18-23(19-17-21)31-20-22-13-9-7-10-14-22/h5-7,9-10,13-14,16-19,24H,3-4,8,11-12,15,20H2,1-2H3/b6-5+. The highest BCUT2D eigenvalue weighted by molar-refractivity contribution is 5.94. The van der Waals surface area contributed by atoms with E-state index in [1.54, 1.807) is 13.8 Å². The molecule has 2 aromatic carbocycles. The summed E-state index contributed by atoms with van der Waals surface area (Å²) in [4.78, 5) is 23.9. The van der Waals surface area contributed by atoms with E-state index in [1.807, 2.05) is 48.5 Å². The number of esters is 2. The molecule has 5 heteroatoms. The van der Waals surface area contributed by atoms with Crippen LogP contribution in [0.2, 0.25) is 0 Å². The van der Waals surface area contributed by atoms with E-state index in [0.29, 0.717) is 19.4 Å². The molecule has 0 saturated carbocycles. The van der Waals surface area contributed by atoms with Crippen molar-refractivity contribution in [1.82, 2.24) is 0 Å². The predicted octanol–water partition coefficient (Wildman–Crippen LogP) is 5.28. The maximum Gasteiger partial charge on any atom is 0.320 e. The summed E-state index contributed by atoms with van der Waals surface area (Å²) in [5.74, 6) is -1.02. The molecule has 0 amide bonds. The highest BCUT2D eigenvalue weighted by atomic mass is 16.6. The molecule has 5 nitrogen and oxygen atoms in total. The predicted molar refractivity (Wildman–Crippen MR) is 121 cm³/mol. The summed E-state index contributed by atoms with van der Waals surface area (Å²) in [5.41, 5.74) is 2.37. The van der Waals surface area contributed by atoms with Crippen LogP contribution in [-0.4, -0.2) is 25.2 Å². The molecule has 0 atom stereocenters. The average molecular weight is 425 g/mol. The van der Waals surface area contributed by atoms with Gasteiger partial charge in [-0.15, -0.1) is 0 Å². The van der Waals surface area contributed by atoms with Gasteiger partial charge in [-0.1, -0.05) is 54.6 Å². The fourth-order valence-electron chi connectivity index (χ4n) is 3.06. The van der Waals surface area contributed by atoms with Crippen LogP contribution in [0.5, 0.6) is 5.75 Å². The van der Waals surface area contributed by atoms with E-state index in [9.17, 15) is 9.59 Å². The molecule has 0 bridgehead atoms. The minimum Gasteiger partial charge on any atom is -0.489 e. The molecular weight excluding hydrogens is 392 g/mol. The molecule has 0 spiro atoms. The number of ether oxygens (including phenoxy) is 3. The van der Waals surface area contributed by atoms with Crippen LogP contribution in [0.15, 0.2) is 66.7 Å². The Morgan fingerprint density at radius 2 is 1.42 bits per heavy atom. The zero-order valence-electron chi connectivity index (χ0n) is 18.4. The van der Waals surface area contributed by atoms with Crippen LogP contribution in [0.4, 0.5) is 0 Å². The van der Waals surface area contributed by atoms with Gasteiger partial charge >= 0.3 is 11.9 Å². The van der Waals surface area contributed by atoms with Crippen LogP contribution in [0.1, 0.15) is 44.2 Å². The summed E-state index contributed by atoms with van der Waals surface area (Å²) < 4.78 is 15.8. The third-order valence-corrected chi connectivity index (χ3v) is 4.70. The number of carbonyl (C=O) groups is 2. The van der Waals surface area contributed by atoms with Gasteiger partial charge in [-0.25, -0.2) is 0 Å². The molecule has 166 valence electrons. The lowest BCUT2D eigenvalue weighted by molar-refractivity contribution is -0.161. The van der Waals surface area contributed by atoms with Crippen molar-refractivity contribution in [3.05, 3.63) is 77.9 Å². The van der Waals surface area contributed by atoms with E-state index in [4.69, 9.17) is 14.2 Å². The SMILES string of the molecule is CCOC(=O)C(CC/C=C/CCc1ccc(OCc2ccccc2)cc1)C(=O)OCC. The quantitative estimate of drug-likeness (QED) is 0.249. The van der Waals surface area contributed by atoms with Crippen molar-refractivity contribution in [2.45, 2.75) is 46.1 Å². The highest BCUT2D eigenvalue weighted by Gasteiger charge is 2.28. The van der Waals surface area contributed by atoms with Crippen LogP contribution < -0.4 is 4.74 Å². The summed E-state index contributed by atoms with van der Waals surface area (Å²) in [6, 6.07) is 18.2. The monoisotopic (exact) mass is 424 g/mol. The van der Waals surface area contributed by atoms with Crippen molar-refractivity contribution in [2.24, 2.45) is 5.92 Å². The molecule has 0 aliphatic carbocycles. The number of hydrogen-bond donors (Lipinski definition) is 0.